The summed E-state index contributed by atoms with van der Waals surface area (Å²) < 4.78 is 28.6. The first-order valence-corrected chi connectivity index (χ1v) is 7.08. The summed E-state index contributed by atoms with van der Waals surface area (Å²) in [5, 5.41) is 0. The van der Waals surface area contributed by atoms with Gasteiger partial charge in [0.15, 0.2) is 0 Å². The lowest BCUT2D eigenvalue weighted by Gasteiger charge is -2.17. The van der Waals surface area contributed by atoms with Crippen LogP contribution in [0.1, 0.15) is 32.8 Å². The van der Waals surface area contributed by atoms with Gasteiger partial charge < -0.3 is 0 Å². The van der Waals surface area contributed by atoms with E-state index in [1.807, 2.05) is 6.92 Å². The highest BCUT2D eigenvalue weighted by Gasteiger charge is 2.17. The van der Waals surface area contributed by atoms with Gasteiger partial charge in [0, 0.05) is 0 Å². The molecule has 0 heterocycles. The van der Waals surface area contributed by atoms with Crippen LogP contribution in [-0.4, -0.2) is 15.0 Å². The minimum atomic E-state index is -3.60. The summed E-state index contributed by atoms with van der Waals surface area (Å²) in [4.78, 5) is 0.219. The van der Waals surface area contributed by atoms with E-state index >= 15 is 0 Å². The third-order valence-electron chi connectivity index (χ3n) is 2.40. The second-order valence-corrected chi connectivity index (χ2v) is 7.02. The standard InChI is InChI=1S/C13H20O3S/c1-11-5-7-12(8-6-11)17(14,15)16-10-9-13(2,3)4/h5-8H,9-10H2,1-4H3. The molecule has 0 N–H and O–H groups in total. The van der Waals surface area contributed by atoms with Crippen molar-refractivity contribution in [3.63, 3.8) is 0 Å². The van der Waals surface area contributed by atoms with Gasteiger partial charge in [-0.25, -0.2) is 0 Å². The topological polar surface area (TPSA) is 43.4 Å². The molecule has 3 nitrogen and oxygen atoms in total. The van der Waals surface area contributed by atoms with Crippen molar-refractivity contribution in [3.05, 3.63) is 29.8 Å². The highest BCUT2D eigenvalue weighted by atomic mass is 32.2. The van der Waals surface area contributed by atoms with Crippen LogP contribution in [0.15, 0.2) is 29.2 Å². The van der Waals surface area contributed by atoms with Crippen LogP contribution in [0.3, 0.4) is 0 Å². The van der Waals surface area contributed by atoms with E-state index in [-0.39, 0.29) is 16.9 Å². The van der Waals surface area contributed by atoms with E-state index in [0.29, 0.717) is 6.42 Å². The SMILES string of the molecule is Cc1ccc(S(=O)(=O)OCCC(C)(C)C)cc1. The van der Waals surface area contributed by atoms with E-state index in [4.69, 9.17) is 4.18 Å². The van der Waals surface area contributed by atoms with E-state index in [2.05, 4.69) is 20.8 Å². The highest BCUT2D eigenvalue weighted by Crippen LogP contribution is 2.20. The van der Waals surface area contributed by atoms with E-state index in [0.717, 1.165) is 5.56 Å². The molecule has 1 rings (SSSR count). The van der Waals surface area contributed by atoms with Gasteiger partial charge in [0.1, 0.15) is 0 Å². The summed E-state index contributed by atoms with van der Waals surface area (Å²) in [6.07, 6.45) is 0.706. The molecule has 0 saturated heterocycles. The van der Waals surface area contributed by atoms with Crippen molar-refractivity contribution in [1.29, 1.82) is 0 Å². The fraction of sp³-hybridized carbons (Fsp3) is 0.538. The molecule has 0 aliphatic rings. The molecule has 0 aliphatic heterocycles. The lowest BCUT2D eigenvalue weighted by molar-refractivity contribution is 0.247. The van der Waals surface area contributed by atoms with Crippen molar-refractivity contribution in [2.45, 2.75) is 39.0 Å². The highest BCUT2D eigenvalue weighted by molar-refractivity contribution is 7.86. The lowest BCUT2D eigenvalue weighted by Crippen LogP contribution is -2.13. The molecule has 0 amide bonds. The summed E-state index contributed by atoms with van der Waals surface area (Å²) in [5.41, 5.74) is 1.10. The molecule has 0 saturated carbocycles. The van der Waals surface area contributed by atoms with Crippen LogP contribution in [0.2, 0.25) is 0 Å². The van der Waals surface area contributed by atoms with Crippen LogP contribution < -0.4 is 0 Å². The van der Waals surface area contributed by atoms with Gasteiger partial charge in [0.05, 0.1) is 11.5 Å². The van der Waals surface area contributed by atoms with Crippen molar-refractivity contribution >= 4 is 10.1 Å². The number of hydrogen-bond acceptors (Lipinski definition) is 3. The molecular weight excluding hydrogens is 236 g/mol. The lowest BCUT2D eigenvalue weighted by atomic mass is 9.93. The molecule has 0 bridgehead atoms. The third-order valence-corrected chi connectivity index (χ3v) is 3.73. The fourth-order valence-corrected chi connectivity index (χ4v) is 2.14. The monoisotopic (exact) mass is 256 g/mol. The maximum atomic E-state index is 11.8. The van der Waals surface area contributed by atoms with Gasteiger partial charge in [-0.15, -0.1) is 0 Å². The van der Waals surface area contributed by atoms with Gasteiger partial charge in [-0.1, -0.05) is 38.5 Å². The number of rotatable bonds is 4. The normalized spacial score (nSPS) is 12.7. The largest absolute Gasteiger partial charge is 0.296 e. The summed E-state index contributed by atoms with van der Waals surface area (Å²) in [6.45, 7) is 8.29. The first kappa shape index (κ1) is 14.2. The zero-order valence-electron chi connectivity index (χ0n) is 10.9. The first-order valence-electron chi connectivity index (χ1n) is 5.67. The molecule has 17 heavy (non-hydrogen) atoms. The molecule has 0 atom stereocenters. The molecular formula is C13H20O3S. The van der Waals surface area contributed by atoms with Crippen LogP contribution in [0.4, 0.5) is 0 Å². The van der Waals surface area contributed by atoms with E-state index in [9.17, 15) is 8.42 Å². The van der Waals surface area contributed by atoms with E-state index in [1.165, 1.54) is 0 Å². The maximum absolute atomic E-state index is 11.8. The minimum Gasteiger partial charge on any atom is -0.266 e. The molecule has 0 fully saturated rings. The predicted molar refractivity (Wildman–Crippen MR) is 68.4 cm³/mol. The molecule has 96 valence electrons. The Morgan fingerprint density at radius 2 is 1.65 bits per heavy atom. The van der Waals surface area contributed by atoms with Crippen molar-refractivity contribution in [2.24, 2.45) is 5.41 Å². The van der Waals surface area contributed by atoms with Crippen molar-refractivity contribution in [2.75, 3.05) is 6.61 Å². The van der Waals surface area contributed by atoms with Gasteiger partial charge in [-0.3, -0.25) is 4.18 Å². The quantitative estimate of drug-likeness (QED) is 0.777. The minimum absolute atomic E-state index is 0.0722. The Morgan fingerprint density at radius 3 is 2.12 bits per heavy atom. The van der Waals surface area contributed by atoms with Gasteiger partial charge in [-0.05, 0) is 30.9 Å². The average molecular weight is 256 g/mol. The summed E-state index contributed by atoms with van der Waals surface area (Å²) in [5.74, 6) is 0. The molecule has 0 spiro atoms. The van der Waals surface area contributed by atoms with Gasteiger partial charge in [0.2, 0.25) is 0 Å². The predicted octanol–water partition coefficient (Wildman–Crippen LogP) is 3.14. The van der Waals surface area contributed by atoms with Crippen molar-refractivity contribution < 1.29 is 12.6 Å². The summed E-state index contributed by atoms with van der Waals surface area (Å²) in [7, 11) is -3.60. The van der Waals surface area contributed by atoms with Crippen LogP contribution in [0.5, 0.6) is 0 Å². The molecule has 0 aliphatic carbocycles. The van der Waals surface area contributed by atoms with Gasteiger partial charge >= 0.3 is 0 Å². The third kappa shape index (κ3) is 4.88. The summed E-state index contributed by atoms with van der Waals surface area (Å²) in [6, 6.07) is 6.67. The second-order valence-electron chi connectivity index (χ2n) is 5.40. The number of aryl methyl sites for hydroxylation is 1. The molecule has 0 unspecified atom stereocenters. The van der Waals surface area contributed by atoms with Crippen LogP contribution >= 0.6 is 0 Å². The summed E-state index contributed by atoms with van der Waals surface area (Å²) >= 11 is 0. The zero-order valence-corrected chi connectivity index (χ0v) is 11.7. The molecule has 1 aromatic rings. The fourth-order valence-electron chi connectivity index (χ4n) is 1.23. The number of benzene rings is 1. The Balaban J connectivity index is 2.66. The maximum Gasteiger partial charge on any atom is 0.296 e. The van der Waals surface area contributed by atoms with Gasteiger partial charge in [0.25, 0.3) is 10.1 Å². The Morgan fingerprint density at radius 1 is 1.12 bits per heavy atom. The Bertz CT molecular complexity index is 452. The van der Waals surface area contributed by atoms with E-state index in [1.54, 1.807) is 24.3 Å². The van der Waals surface area contributed by atoms with Gasteiger partial charge in [-0.2, -0.15) is 8.42 Å². The van der Waals surface area contributed by atoms with Crippen molar-refractivity contribution in [3.8, 4) is 0 Å². The smallest absolute Gasteiger partial charge is 0.266 e. The zero-order chi connectivity index (χ0) is 13.1. The van der Waals surface area contributed by atoms with E-state index < -0.39 is 10.1 Å². The van der Waals surface area contributed by atoms with Crippen LogP contribution in [0.25, 0.3) is 0 Å². The number of hydrogen-bond donors (Lipinski definition) is 0. The Hall–Kier alpha value is -0.870. The average Bonchev–Trinajstić information content (AvgIpc) is 2.15. The first-order chi connectivity index (χ1) is 7.71. The molecule has 4 heteroatoms. The Labute approximate surface area is 104 Å². The second kappa shape index (κ2) is 5.19. The molecule has 0 radical (unpaired) electrons. The molecule has 0 aromatic heterocycles. The van der Waals surface area contributed by atoms with Crippen LogP contribution in [0, 0.1) is 12.3 Å². The van der Waals surface area contributed by atoms with Crippen LogP contribution in [-0.2, 0) is 14.3 Å². The van der Waals surface area contributed by atoms with Crippen molar-refractivity contribution in [1.82, 2.24) is 0 Å². The molecule has 1 aromatic carbocycles. The Kier molecular flexibility index (Phi) is 4.33.